The molecule has 8 nitrogen and oxygen atoms in total. The molecule has 0 unspecified atom stereocenters. The van der Waals surface area contributed by atoms with Crippen LogP contribution in [0.2, 0.25) is 0 Å². The van der Waals surface area contributed by atoms with Crippen molar-refractivity contribution in [1.82, 2.24) is 4.31 Å². The fraction of sp³-hybridized carbons (Fsp3) is 0.231. The first-order valence-electron chi connectivity index (χ1n) is 11.2. The monoisotopic (exact) mass is 493 g/mol. The van der Waals surface area contributed by atoms with E-state index in [0.29, 0.717) is 43.2 Å². The molecule has 0 saturated heterocycles. The molecule has 0 fully saturated rings. The van der Waals surface area contributed by atoms with Crippen LogP contribution in [0.25, 0.3) is 0 Å². The summed E-state index contributed by atoms with van der Waals surface area (Å²) in [6.45, 7) is 0.980. The Hall–Kier alpha value is -3.69. The van der Waals surface area contributed by atoms with Crippen LogP contribution in [-0.2, 0) is 27.7 Å². The summed E-state index contributed by atoms with van der Waals surface area (Å²) >= 11 is 0. The molecular weight excluding hydrogens is 470 g/mol. The molecule has 3 aromatic carbocycles. The molecule has 0 amide bonds. The van der Waals surface area contributed by atoms with Gasteiger partial charge in [0.25, 0.3) is 0 Å². The first-order valence-corrected chi connectivity index (χ1v) is 12.6. The molecule has 0 aliphatic carbocycles. The molecule has 35 heavy (non-hydrogen) atoms. The summed E-state index contributed by atoms with van der Waals surface area (Å²) in [7, 11) is -3.81. The molecule has 0 N–H and O–H groups in total. The van der Waals surface area contributed by atoms with Gasteiger partial charge in [-0.05, 0) is 53.9 Å². The van der Waals surface area contributed by atoms with Crippen molar-refractivity contribution in [2.45, 2.75) is 17.9 Å². The van der Waals surface area contributed by atoms with Crippen LogP contribution in [0.4, 0.5) is 0 Å². The van der Waals surface area contributed by atoms with Gasteiger partial charge in [-0.3, -0.25) is 4.79 Å². The Labute approximate surface area is 203 Å². The third kappa shape index (κ3) is 4.78. The summed E-state index contributed by atoms with van der Waals surface area (Å²) in [5.41, 5.74) is 2.48. The number of esters is 1. The van der Waals surface area contributed by atoms with Gasteiger partial charge in [-0.25, -0.2) is 13.2 Å². The lowest BCUT2D eigenvalue weighted by atomic mass is 10.0. The van der Waals surface area contributed by atoms with Crippen molar-refractivity contribution < 1.29 is 32.2 Å². The lowest BCUT2D eigenvalue weighted by Crippen LogP contribution is -2.36. The number of hydrogen-bond acceptors (Lipinski definition) is 7. The van der Waals surface area contributed by atoms with Gasteiger partial charge in [0.05, 0.1) is 10.5 Å². The van der Waals surface area contributed by atoms with Gasteiger partial charge in [-0.1, -0.05) is 30.3 Å². The number of benzene rings is 3. The van der Waals surface area contributed by atoms with Crippen molar-refractivity contribution in [3.8, 4) is 11.5 Å². The zero-order chi connectivity index (χ0) is 24.4. The Bertz CT molecular complexity index is 1400. The van der Waals surface area contributed by atoms with Crippen LogP contribution in [0.3, 0.4) is 0 Å². The van der Waals surface area contributed by atoms with Gasteiger partial charge in [-0.2, -0.15) is 4.31 Å². The fourth-order valence-corrected chi connectivity index (χ4v) is 5.59. The van der Waals surface area contributed by atoms with Crippen LogP contribution in [0.5, 0.6) is 11.5 Å². The van der Waals surface area contributed by atoms with E-state index in [1.165, 1.54) is 28.6 Å². The molecule has 2 aliphatic rings. The van der Waals surface area contributed by atoms with Crippen LogP contribution in [-0.4, -0.2) is 50.8 Å². The molecule has 5 rings (SSSR count). The summed E-state index contributed by atoms with van der Waals surface area (Å²) < 4.78 is 44.0. The normalized spacial score (nSPS) is 15.2. The molecule has 180 valence electrons. The van der Waals surface area contributed by atoms with Crippen LogP contribution >= 0.6 is 0 Å². The van der Waals surface area contributed by atoms with Crippen molar-refractivity contribution in [1.29, 1.82) is 0 Å². The SMILES string of the molecule is O=C(COC(=O)c1cccc(S(=O)(=O)N2CCc3ccccc3C2)c1)c1ccc2c(c1)OCCO2. The smallest absolute Gasteiger partial charge is 0.338 e. The quantitative estimate of drug-likeness (QED) is 0.384. The van der Waals surface area contributed by atoms with Gasteiger partial charge < -0.3 is 14.2 Å². The van der Waals surface area contributed by atoms with Crippen LogP contribution in [0.1, 0.15) is 31.8 Å². The van der Waals surface area contributed by atoms with Gasteiger partial charge >= 0.3 is 5.97 Å². The number of sulfonamides is 1. The second-order valence-electron chi connectivity index (χ2n) is 8.24. The molecule has 0 bridgehead atoms. The maximum absolute atomic E-state index is 13.2. The first kappa shape index (κ1) is 23.1. The topological polar surface area (TPSA) is 99.2 Å². The van der Waals surface area contributed by atoms with E-state index in [2.05, 4.69) is 0 Å². The molecule has 3 aromatic rings. The first-order chi connectivity index (χ1) is 16.9. The number of carbonyl (C=O) groups is 2. The largest absolute Gasteiger partial charge is 0.486 e. The molecule has 0 spiro atoms. The average Bonchev–Trinajstić information content (AvgIpc) is 2.91. The summed E-state index contributed by atoms with van der Waals surface area (Å²) in [5.74, 6) is -0.172. The Balaban J connectivity index is 1.26. The summed E-state index contributed by atoms with van der Waals surface area (Å²) in [5, 5.41) is 0. The third-order valence-corrected chi connectivity index (χ3v) is 7.84. The van der Waals surface area contributed by atoms with Crippen molar-refractivity contribution >= 4 is 21.8 Å². The van der Waals surface area contributed by atoms with E-state index >= 15 is 0 Å². The summed E-state index contributed by atoms with van der Waals surface area (Å²) in [4.78, 5) is 25.1. The lowest BCUT2D eigenvalue weighted by molar-refractivity contribution is 0.0474. The molecule has 2 heterocycles. The van der Waals surface area contributed by atoms with E-state index in [1.54, 1.807) is 18.2 Å². The maximum atomic E-state index is 13.2. The predicted octanol–water partition coefficient (Wildman–Crippen LogP) is 3.24. The third-order valence-electron chi connectivity index (χ3n) is 6.00. The highest BCUT2D eigenvalue weighted by atomic mass is 32.2. The minimum atomic E-state index is -3.81. The highest BCUT2D eigenvalue weighted by Gasteiger charge is 2.29. The van der Waals surface area contributed by atoms with Crippen molar-refractivity contribution in [2.24, 2.45) is 0 Å². The Morgan fingerprint density at radius 3 is 2.46 bits per heavy atom. The van der Waals surface area contributed by atoms with Gasteiger partial charge in [0.15, 0.2) is 23.9 Å². The van der Waals surface area contributed by atoms with E-state index in [0.717, 1.165) is 11.1 Å². The number of ketones is 1. The van der Waals surface area contributed by atoms with E-state index in [-0.39, 0.29) is 17.0 Å². The van der Waals surface area contributed by atoms with Gasteiger partial charge in [0.2, 0.25) is 10.0 Å². The van der Waals surface area contributed by atoms with Crippen molar-refractivity contribution in [2.75, 3.05) is 26.4 Å². The van der Waals surface area contributed by atoms with Crippen LogP contribution < -0.4 is 9.47 Å². The Morgan fingerprint density at radius 1 is 0.857 bits per heavy atom. The number of rotatable bonds is 6. The van der Waals surface area contributed by atoms with E-state index in [1.807, 2.05) is 24.3 Å². The van der Waals surface area contributed by atoms with Crippen molar-refractivity contribution in [3.63, 3.8) is 0 Å². The van der Waals surface area contributed by atoms with Gasteiger partial charge in [-0.15, -0.1) is 0 Å². The fourth-order valence-electron chi connectivity index (χ4n) is 4.12. The number of Topliss-reactive ketones (excluding diaryl/α,β-unsaturated/α-hetero) is 1. The standard InChI is InChI=1S/C26H23NO7S/c28-23(19-8-9-24-25(15-19)33-13-12-32-24)17-34-26(29)20-6-3-7-22(14-20)35(30,31)27-11-10-18-4-1-2-5-21(18)16-27/h1-9,14-15H,10-13,16-17H2. The van der Waals surface area contributed by atoms with Crippen LogP contribution in [0, 0.1) is 0 Å². The van der Waals surface area contributed by atoms with Gasteiger partial charge in [0, 0.05) is 18.7 Å². The van der Waals surface area contributed by atoms with E-state index in [4.69, 9.17) is 14.2 Å². The molecule has 0 saturated carbocycles. The highest BCUT2D eigenvalue weighted by molar-refractivity contribution is 7.89. The lowest BCUT2D eigenvalue weighted by Gasteiger charge is -2.28. The minimum absolute atomic E-state index is 0.00416. The Morgan fingerprint density at radius 2 is 1.63 bits per heavy atom. The minimum Gasteiger partial charge on any atom is -0.486 e. The number of hydrogen-bond donors (Lipinski definition) is 0. The molecule has 0 aromatic heterocycles. The van der Waals surface area contributed by atoms with Gasteiger partial charge in [0.1, 0.15) is 13.2 Å². The zero-order valence-electron chi connectivity index (χ0n) is 18.8. The van der Waals surface area contributed by atoms with E-state index < -0.39 is 28.4 Å². The average molecular weight is 494 g/mol. The maximum Gasteiger partial charge on any atom is 0.338 e. The number of ether oxygens (including phenoxy) is 3. The number of fused-ring (bicyclic) bond motifs is 2. The van der Waals surface area contributed by atoms with E-state index in [9.17, 15) is 18.0 Å². The van der Waals surface area contributed by atoms with Crippen molar-refractivity contribution in [3.05, 3.63) is 89.0 Å². The predicted molar refractivity (Wildman–Crippen MR) is 126 cm³/mol. The molecular formula is C26H23NO7S. The molecule has 0 atom stereocenters. The molecule has 0 radical (unpaired) electrons. The summed E-state index contributed by atoms with van der Waals surface area (Å²) in [6, 6.07) is 18.2. The highest BCUT2D eigenvalue weighted by Crippen LogP contribution is 2.31. The summed E-state index contributed by atoms with van der Waals surface area (Å²) in [6.07, 6.45) is 0.624. The molecule has 9 heteroatoms. The molecule has 2 aliphatic heterocycles. The Kier molecular flexibility index (Phi) is 6.27. The second kappa shape index (κ2) is 9.52. The number of carbonyl (C=O) groups excluding carboxylic acids is 2. The second-order valence-corrected chi connectivity index (χ2v) is 10.2. The van der Waals surface area contributed by atoms with Crippen LogP contribution in [0.15, 0.2) is 71.6 Å². The zero-order valence-corrected chi connectivity index (χ0v) is 19.6. The number of nitrogens with zero attached hydrogens (tertiary/aromatic N) is 1.